The first-order chi connectivity index (χ1) is 14.1. The number of H-pyrrole nitrogens is 1. The Labute approximate surface area is 166 Å². The number of aromatic amines is 1. The zero-order valence-corrected chi connectivity index (χ0v) is 16.1. The van der Waals surface area contributed by atoms with Crippen LogP contribution in [0.1, 0.15) is 29.3 Å². The summed E-state index contributed by atoms with van der Waals surface area (Å²) in [5.74, 6) is 0.433. The first-order valence-corrected chi connectivity index (χ1v) is 9.69. The van der Waals surface area contributed by atoms with Crippen LogP contribution in [-0.4, -0.2) is 19.1 Å². The standard InChI is InChI=1S/C22H21N5O2/c1-26-18-8-4-5-9-19(18)27(22(26)29)13-15-12-20(28)25-21(23-15)24-17-11-10-14-6-2-3-7-16(14)17/h2-9,12,17H,10-11,13H2,1H3,(H2,23,24,25,28). The Kier molecular flexibility index (Phi) is 4.08. The van der Waals surface area contributed by atoms with E-state index < -0.39 is 0 Å². The fraction of sp³-hybridized carbons (Fsp3) is 0.227. The molecule has 5 rings (SSSR count). The minimum Gasteiger partial charge on any atom is -0.349 e. The van der Waals surface area contributed by atoms with Crippen LogP contribution in [0.15, 0.2) is 64.2 Å². The van der Waals surface area contributed by atoms with E-state index in [0.717, 1.165) is 23.9 Å². The van der Waals surface area contributed by atoms with Gasteiger partial charge < -0.3 is 5.32 Å². The van der Waals surface area contributed by atoms with E-state index in [1.165, 1.54) is 17.2 Å². The molecule has 1 atom stereocenters. The topological polar surface area (TPSA) is 84.7 Å². The van der Waals surface area contributed by atoms with Crippen molar-refractivity contribution < 1.29 is 0 Å². The molecule has 2 aromatic heterocycles. The monoisotopic (exact) mass is 387 g/mol. The normalized spacial score (nSPS) is 15.6. The van der Waals surface area contributed by atoms with E-state index in [1.54, 1.807) is 16.2 Å². The number of hydrogen-bond donors (Lipinski definition) is 2. The number of para-hydroxylation sites is 2. The van der Waals surface area contributed by atoms with Gasteiger partial charge in [-0.1, -0.05) is 36.4 Å². The highest BCUT2D eigenvalue weighted by Crippen LogP contribution is 2.32. The maximum absolute atomic E-state index is 12.7. The van der Waals surface area contributed by atoms with Crippen molar-refractivity contribution in [3.63, 3.8) is 0 Å². The van der Waals surface area contributed by atoms with E-state index >= 15 is 0 Å². The van der Waals surface area contributed by atoms with Gasteiger partial charge in [-0.2, -0.15) is 0 Å². The number of fused-ring (bicyclic) bond motifs is 2. The Morgan fingerprint density at radius 1 is 1.10 bits per heavy atom. The van der Waals surface area contributed by atoms with Crippen molar-refractivity contribution in [1.82, 2.24) is 19.1 Å². The van der Waals surface area contributed by atoms with Gasteiger partial charge in [-0.3, -0.25) is 18.9 Å². The van der Waals surface area contributed by atoms with Gasteiger partial charge >= 0.3 is 5.69 Å². The van der Waals surface area contributed by atoms with Gasteiger partial charge in [-0.15, -0.1) is 0 Å². The predicted molar refractivity (Wildman–Crippen MR) is 112 cm³/mol. The van der Waals surface area contributed by atoms with Crippen molar-refractivity contribution in [2.45, 2.75) is 25.4 Å². The Bertz CT molecular complexity index is 1330. The Morgan fingerprint density at radius 3 is 2.72 bits per heavy atom. The summed E-state index contributed by atoms with van der Waals surface area (Å²) < 4.78 is 3.25. The van der Waals surface area contributed by atoms with Crippen LogP contribution in [0, 0.1) is 0 Å². The first kappa shape index (κ1) is 17.5. The molecule has 0 fully saturated rings. The SMILES string of the molecule is Cn1c(=O)n(Cc2cc(=O)[nH]c(NC3CCc4ccccc43)n2)c2ccccc21. The third kappa shape index (κ3) is 3.04. The molecule has 2 N–H and O–H groups in total. The fourth-order valence-electron chi connectivity index (χ4n) is 4.21. The van der Waals surface area contributed by atoms with Gasteiger partial charge in [0.1, 0.15) is 0 Å². The molecule has 7 nitrogen and oxygen atoms in total. The largest absolute Gasteiger partial charge is 0.349 e. The molecule has 4 aromatic rings. The summed E-state index contributed by atoms with van der Waals surface area (Å²) in [5.41, 5.74) is 4.41. The second-order valence-electron chi connectivity index (χ2n) is 7.44. The van der Waals surface area contributed by atoms with E-state index in [1.807, 2.05) is 36.4 Å². The highest BCUT2D eigenvalue weighted by Gasteiger charge is 2.22. The summed E-state index contributed by atoms with van der Waals surface area (Å²) >= 11 is 0. The molecular formula is C22H21N5O2. The molecule has 1 aliphatic carbocycles. The minimum absolute atomic E-state index is 0.116. The summed E-state index contributed by atoms with van der Waals surface area (Å²) in [6.07, 6.45) is 1.96. The third-order valence-corrected chi connectivity index (χ3v) is 5.61. The van der Waals surface area contributed by atoms with E-state index in [-0.39, 0.29) is 23.8 Å². The van der Waals surface area contributed by atoms with Crippen LogP contribution in [-0.2, 0) is 20.0 Å². The molecule has 0 radical (unpaired) electrons. The van der Waals surface area contributed by atoms with Crippen molar-refractivity contribution in [2.75, 3.05) is 5.32 Å². The van der Waals surface area contributed by atoms with Crippen LogP contribution in [0.3, 0.4) is 0 Å². The molecule has 0 amide bonds. The lowest BCUT2D eigenvalue weighted by atomic mass is 10.1. The van der Waals surface area contributed by atoms with Gasteiger partial charge in [0.05, 0.1) is 29.3 Å². The molecule has 0 aliphatic heterocycles. The van der Waals surface area contributed by atoms with Crippen molar-refractivity contribution >= 4 is 17.0 Å². The Hall–Kier alpha value is -3.61. The minimum atomic E-state index is -0.239. The summed E-state index contributed by atoms with van der Waals surface area (Å²) in [6, 6.07) is 17.5. The van der Waals surface area contributed by atoms with Crippen LogP contribution in [0.4, 0.5) is 5.95 Å². The van der Waals surface area contributed by atoms with Crippen LogP contribution in [0.2, 0.25) is 0 Å². The molecule has 0 bridgehead atoms. The van der Waals surface area contributed by atoms with Crippen LogP contribution < -0.4 is 16.6 Å². The van der Waals surface area contributed by atoms with Gasteiger partial charge in [0.25, 0.3) is 5.56 Å². The molecule has 2 aromatic carbocycles. The number of nitrogens with zero attached hydrogens (tertiary/aromatic N) is 3. The number of nitrogens with one attached hydrogen (secondary N) is 2. The number of aryl methyl sites for hydroxylation is 2. The predicted octanol–water partition coefficient (Wildman–Crippen LogP) is 2.57. The smallest absolute Gasteiger partial charge is 0.329 e. The average molecular weight is 387 g/mol. The maximum atomic E-state index is 12.7. The highest BCUT2D eigenvalue weighted by atomic mass is 16.1. The lowest BCUT2D eigenvalue weighted by molar-refractivity contribution is 0.712. The lowest BCUT2D eigenvalue weighted by Gasteiger charge is -2.15. The second-order valence-corrected chi connectivity index (χ2v) is 7.44. The molecule has 146 valence electrons. The zero-order chi connectivity index (χ0) is 20.0. The van der Waals surface area contributed by atoms with Crippen LogP contribution >= 0.6 is 0 Å². The first-order valence-electron chi connectivity index (χ1n) is 9.69. The van der Waals surface area contributed by atoms with Crippen LogP contribution in [0.25, 0.3) is 11.0 Å². The highest BCUT2D eigenvalue weighted by molar-refractivity contribution is 5.75. The molecular weight excluding hydrogens is 366 g/mol. The fourth-order valence-corrected chi connectivity index (χ4v) is 4.21. The summed E-state index contributed by atoms with van der Waals surface area (Å²) in [5, 5.41) is 3.36. The van der Waals surface area contributed by atoms with Gasteiger partial charge in [0.2, 0.25) is 5.95 Å². The van der Waals surface area contributed by atoms with Crippen LogP contribution in [0.5, 0.6) is 0 Å². The molecule has 1 unspecified atom stereocenters. The number of benzene rings is 2. The van der Waals surface area contributed by atoms with E-state index in [9.17, 15) is 9.59 Å². The van der Waals surface area contributed by atoms with Gasteiger partial charge in [-0.25, -0.2) is 9.78 Å². The van der Waals surface area contributed by atoms with E-state index in [2.05, 4.69) is 27.4 Å². The molecule has 1 aliphatic rings. The van der Waals surface area contributed by atoms with Gasteiger partial charge in [0, 0.05) is 13.1 Å². The molecule has 7 heteroatoms. The molecule has 0 saturated carbocycles. The number of rotatable bonds is 4. The quantitative estimate of drug-likeness (QED) is 0.564. The van der Waals surface area contributed by atoms with Gasteiger partial charge in [-0.05, 0) is 36.1 Å². The molecule has 2 heterocycles. The molecule has 29 heavy (non-hydrogen) atoms. The average Bonchev–Trinajstić information content (AvgIpc) is 3.23. The Balaban J connectivity index is 1.48. The van der Waals surface area contributed by atoms with E-state index in [4.69, 9.17) is 0 Å². The molecule has 0 spiro atoms. The lowest BCUT2D eigenvalue weighted by Crippen LogP contribution is -2.24. The molecule has 0 saturated heterocycles. The van der Waals surface area contributed by atoms with Crippen molar-refractivity contribution in [2.24, 2.45) is 7.05 Å². The number of anilines is 1. The third-order valence-electron chi connectivity index (χ3n) is 5.61. The maximum Gasteiger partial charge on any atom is 0.329 e. The second kappa shape index (κ2) is 6.77. The van der Waals surface area contributed by atoms with Crippen molar-refractivity contribution in [3.05, 3.63) is 92.3 Å². The summed E-state index contributed by atoms with van der Waals surface area (Å²) in [4.78, 5) is 32.3. The summed E-state index contributed by atoms with van der Waals surface area (Å²) in [7, 11) is 1.75. The summed E-state index contributed by atoms with van der Waals surface area (Å²) in [6.45, 7) is 0.236. The number of hydrogen-bond acceptors (Lipinski definition) is 4. The van der Waals surface area contributed by atoms with Gasteiger partial charge in [0.15, 0.2) is 0 Å². The van der Waals surface area contributed by atoms with Crippen molar-refractivity contribution in [1.29, 1.82) is 0 Å². The van der Waals surface area contributed by atoms with Crippen molar-refractivity contribution in [3.8, 4) is 0 Å². The van der Waals surface area contributed by atoms with E-state index in [0.29, 0.717) is 11.6 Å². The number of imidazole rings is 1. The zero-order valence-electron chi connectivity index (χ0n) is 16.1. The number of aromatic nitrogens is 4. The Morgan fingerprint density at radius 2 is 1.86 bits per heavy atom.